The second-order valence-electron chi connectivity index (χ2n) is 9.48. The fourth-order valence-corrected chi connectivity index (χ4v) is 4.66. The summed E-state index contributed by atoms with van der Waals surface area (Å²) < 4.78 is 0. The minimum atomic E-state index is -0.824. The summed E-state index contributed by atoms with van der Waals surface area (Å²) in [7, 11) is 0. The molecule has 29 heavy (non-hydrogen) atoms. The molecule has 3 rings (SSSR count). The molecule has 7 heteroatoms. The number of carbonyl (C=O) groups excluding carboxylic acids is 1. The van der Waals surface area contributed by atoms with Crippen molar-refractivity contribution in [3.8, 4) is 0 Å². The van der Waals surface area contributed by atoms with E-state index in [2.05, 4.69) is 24.5 Å². The van der Waals surface area contributed by atoms with Gasteiger partial charge in [0, 0.05) is 27.5 Å². The number of carboxylic acids is 1. The molecule has 0 spiro atoms. The number of benzene rings is 1. The van der Waals surface area contributed by atoms with Gasteiger partial charge in [0.1, 0.15) is 6.04 Å². The molecule has 1 aliphatic carbocycles. The van der Waals surface area contributed by atoms with Gasteiger partial charge in [0.15, 0.2) is 0 Å². The van der Waals surface area contributed by atoms with Gasteiger partial charge in [-0.3, -0.25) is 9.79 Å². The molecule has 0 saturated carbocycles. The first-order valence-corrected chi connectivity index (χ1v) is 10.8. The van der Waals surface area contributed by atoms with E-state index in [0.717, 1.165) is 34.8 Å². The van der Waals surface area contributed by atoms with Crippen LogP contribution < -0.4 is 10.6 Å². The van der Waals surface area contributed by atoms with Crippen molar-refractivity contribution in [3.63, 3.8) is 0 Å². The molecular formula is C22H29N3O3S. The number of aliphatic carboxylic acids is 1. The van der Waals surface area contributed by atoms with Gasteiger partial charge >= 0.3 is 5.97 Å². The molecule has 1 amide bonds. The van der Waals surface area contributed by atoms with Crippen LogP contribution in [0.4, 0.5) is 5.69 Å². The second-order valence-corrected chi connectivity index (χ2v) is 10.5. The van der Waals surface area contributed by atoms with Crippen molar-refractivity contribution in [1.29, 1.82) is 0 Å². The van der Waals surface area contributed by atoms with Crippen LogP contribution in [-0.2, 0) is 4.79 Å². The Hall–Kier alpha value is -2.28. The Kier molecular flexibility index (Phi) is 5.81. The molecular weight excluding hydrogens is 386 g/mol. The number of carboxylic acid groups (broad SMARTS) is 1. The molecule has 1 heterocycles. The highest BCUT2D eigenvalue weighted by Crippen LogP contribution is 2.43. The average molecular weight is 416 g/mol. The highest BCUT2D eigenvalue weighted by Gasteiger charge is 2.36. The molecule has 6 nitrogen and oxygen atoms in total. The largest absolute Gasteiger partial charge is 0.480 e. The van der Waals surface area contributed by atoms with Gasteiger partial charge in [-0.15, -0.1) is 11.8 Å². The van der Waals surface area contributed by atoms with E-state index in [-0.39, 0.29) is 16.9 Å². The number of aliphatic imine (C=N–C) groups is 1. The van der Waals surface area contributed by atoms with Crippen LogP contribution in [0, 0.1) is 5.41 Å². The molecule has 0 fully saturated rings. The summed E-state index contributed by atoms with van der Waals surface area (Å²) in [5.41, 5.74) is 3.06. The summed E-state index contributed by atoms with van der Waals surface area (Å²) in [6, 6.07) is 6.72. The molecule has 156 valence electrons. The fraction of sp³-hybridized carbons (Fsp3) is 0.500. The predicted octanol–water partition coefficient (Wildman–Crippen LogP) is 4.11. The fourth-order valence-electron chi connectivity index (χ4n) is 3.51. The third kappa shape index (κ3) is 5.41. The van der Waals surface area contributed by atoms with Crippen molar-refractivity contribution in [2.24, 2.45) is 10.4 Å². The van der Waals surface area contributed by atoms with E-state index in [1.54, 1.807) is 23.9 Å². The van der Waals surface area contributed by atoms with Crippen molar-refractivity contribution in [1.82, 2.24) is 10.6 Å². The van der Waals surface area contributed by atoms with E-state index in [9.17, 15) is 14.7 Å². The molecule has 1 atom stereocenters. The first kappa shape index (κ1) is 21.4. The van der Waals surface area contributed by atoms with E-state index in [0.29, 0.717) is 11.3 Å². The maximum atomic E-state index is 12.3. The van der Waals surface area contributed by atoms with Gasteiger partial charge in [0.25, 0.3) is 5.91 Å². The number of amides is 1. The van der Waals surface area contributed by atoms with Crippen LogP contribution in [0.3, 0.4) is 0 Å². The van der Waals surface area contributed by atoms with Crippen LogP contribution >= 0.6 is 11.8 Å². The SMILES string of the molecule is CC1(C)CC2=C(SCC(C(=O)O)N2)/C(=N/c2ccc(C(=O)NC(C)(C)C)cc2)C1. The zero-order valence-electron chi connectivity index (χ0n) is 17.6. The Morgan fingerprint density at radius 2 is 1.86 bits per heavy atom. The molecule has 0 saturated heterocycles. The van der Waals surface area contributed by atoms with E-state index < -0.39 is 12.0 Å². The van der Waals surface area contributed by atoms with Crippen LogP contribution in [0.15, 0.2) is 39.9 Å². The van der Waals surface area contributed by atoms with Crippen LogP contribution in [0.2, 0.25) is 0 Å². The zero-order valence-corrected chi connectivity index (χ0v) is 18.4. The molecule has 0 radical (unpaired) electrons. The molecule has 0 aromatic heterocycles. The lowest BCUT2D eigenvalue weighted by Crippen LogP contribution is -2.44. The zero-order chi connectivity index (χ0) is 21.4. The van der Waals surface area contributed by atoms with Crippen molar-refractivity contribution in [3.05, 3.63) is 40.4 Å². The number of carbonyl (C=O) groups is 2. The maximum Gasteiger partial charge on any atom is 0.326 e. The lowest BCUT2D eigenvalue weighted by molar-refractivity contribution is -0.138. The van der Waals surface area contributed by atoms with Crippen LogP contribution in [0.1, 0.15) is 57.8 Å². The summed E-state index contributed by atoms with van der Waals surface area (Å²) in [4.78, 5) is 29.6. The molecule has 1 aromatic carbocycles. The molecule has 2 aliphatic rings. The minimum absolute atomic E-state index is 0.00183. The van der Waals surface area contributed by atoms with E-state index in [4.69, 9.17) is 4.99 Å². The third-order valence-electron chi connectivity index (χ3n) is 4.76. The summed E-state index contributed by atoms with van der Waals surface area (Å²) in [6.07, 6.45) is 1.63. The molecule has 1 aromatic rings. The van der Waals surface area contributed by atoms with Gasteiger partial charge in [0.2, 0.25) is 0 Å². The first-order chi connectivity index (χ1) is 13.4. The predicted molar refractivity (Wildman–Crippen MR) is 118 cm³/mol. The quantitative estimate of drug-likeness (QED) is 0.691. The minimum Gasteiger partial charge on any atom is -0.480 e. The van der Waals surface area contributed by atoms with Gasteiger partial charge in [-0.05, 0) is 63.3 Å². The monoisotopic (exact) mass is 415 g/mol. The lowest BCUT2D eigenvalue weighted by atomic mass is 9.78. The van der Waals surface area contributed by atoms with Crippen LogP contribution in [0.25, 0.3) is 0 Å². The normalized spacial score (nSPS) is 22.7. The Morgan fingerprint density at radius 3 is 2.45 bits per heavy atom. The van der Waals surface area contributed by atoms with E-state index >= 15 is 0 Å². The van der Waals surface area contributed by atoms with Gasteiger partial charge in [-0.2, -0.15) is 0 Å². The summed E-state index contributed by atoms with van der Waals surface area (Å²) in [5.74, 6) is -0.443. The van der Waals surface area contributed by atoms with Crippen LogP contribution in [0.5, 0.6) is 0 Å². The Balaban J connectivity index is 1.85. The molecule has 0 bridgehead atoms. The van der Waals surface area contributed by atoms with Crippen LogP contribution in [-0.4, -0.2) is 40.0 Å². The van der Waals surface area contributed by atoms with E-state index in [1.807, 2.05) is 32.9 Å². The Labute approximate surface area is 176 Å². The first-order valence-electron chi connectivity index (χ1n) is 9.79. The smallest absolute Gasteiger partial charge is 0.326 e. The average Bonchev–Trinajstić information content (AvgIpc) is 2.59. The van der Waals surface area contributed by atoms with Crippen molar-refractivity contribution in [2.45, 2.75) is 59.0 Å². The maximum absolute atomic E-state index is 12.3. The second kappa shape index (κ2) is 7.86. The number of hydrogen-bond donors (Lipinski definition) is 3. The lowest BCUT2D eigenvalue weighted by Gasteiger charge is -2.38. The summed E-state index contributed by atoms with van der Waals surface area (Å²) in [5, 5.41) is 15.5. The Bertz CT molecular complexity index is 880. The molecule has 3 N–H and O–H groups in total. The molecule has 1 aliphatic heterocycles. The number of nitrogens with zero attached hydrogens (tertiary/aromatic N) is 1. The highest BCUT2D eigenvalue weighted by atomic mass is 32.2. The Morgan fingerprint density at radius 1 is 1.21 bits per heavy atom. The van der Waals surface area contributed by atoms with Gasteiger partial charge < -0.3 is 15.7 Å². The number of nitrogens with one attached hydrogen (secondary N) is 2. The topological polar surface area (TPSA) is 90.8 Å². The number of rotatable bonds is 3. The van der Waals surface area contributed by atoms with Gasteiger partial charge in [-0.1, -0.05) is 13.8 Å². The van der Waals surface area contributed by atoms with Crippen molar-refractivity contribution < 1.29 is 14.7 Å². The number of allylic oxidation sites excluding steroid dienone is 2. The van der Waals surface area contributed by atoms with E-state index in [1.165, 1.54) is 0 Å². The third-order valence-corrected chi connectivity index (χ3v) is 6.03. The highest BCUT2D eigenvalue weighted by molar-refractivity contribution is 8.04. The molecule has 1 unspecified atom stereocenters. The van der Waals surface area contributed by atoms with Gasteiger partial charge in [0.05, 0.1) is 11.4 Å². The van der Waals surface area contributed by atoms with Crippen molar-refractivity contribution >= 4 is 35.0 Å². The summed E-state index contributed by atoms with van der Waals surface area (Å²) >= 11 is 1.57. The van der Waals surface area contributed by atoms with Crippen molar-refractivity contribution in [2.75, 3.05) is 5.75 Å². The van der Waals surface area contributed by atoms with Gasteiger partial charge in [-0.25, -0.2) is 4.79 Å². The summed E-state index contributed by atoms with van der Waals surface area (Å²) in [6.45, 7) is 10.2. The number of thioether (sulfide) groups is 1. The number of hydrogen-bond acceptors (Lipinski definition) is 5. The standard InChI is InChI=1S/C22H29N3O3S/c1-21(2,3)25-19(26)13-6-8-14(9-7-13)23-15-10-22(4,5)11-16-18(15)29-12-17(24-16)20(27)28/h6-9,17,24H,10-12H2,1-5H3,(H,25,26)(H,27,28)/b23-15+.